The number of benzene rings is 1. The number of nitrogens with two attached hydrogens (primary N) is 1. The van der Waals surface area contributed by atoms with Gasteiger partial charge in [0.05, 0.1) is 6.04 Å². The van der Waals surface area contributed by atoms with Crippen LogP contribution in [0, 0.1) is 0 Å². The zero-order valence-electron chi connectivity index (χ0n) is 16.7. The average molecular weight is 433 g/mol. The number of carbonyl (C=O) groups excluding carboxylic acids is 2. The third kappa shape index (κ3) is 5.02. The molecule has 9 nitrogen and oxygen atoms in total. The van der Waals surface area contributed by atoms with Crippen LogP contribution >= 0.6 is 0 Å². The molecule has 2 heterocycles. The highest BCUT2D eigenvalue weighted by Gasteiger charge is 2.32. The summed E-state index contributed by atoms with van der Waals surface area (Å²) < 4.78 is 29.7. The van der Waals surface area contributed by atoms with Gasteiger partial charge in [0.1, 0.15) is 16.8 Å². The molecule has 1 aliphatic rings. The Morgan fingerprint density at radius 2 is 1.87 bits per heavy atom. The minimum absolute atomic E-state index is 0.103. The van der Waals surface area contributed by atoms with E-state index < -0.39 is 28.2 Å². The van der Waals surface area contributed by atoms with E-state index in [2.05, 4.69) is 10.3 Å². The highest BCUT2D eigenvalue weighted by Crippen LogP contribution is 2.24. The number of rotatable bonds is 6. The van der Waals surface area contributed by atoms with Gasteiger partial charge in [0.15, 0.2) is 0 Å². The first kappa shape index (κ1) is 21.9. The molecule has 0 radical (unpaired) electrons. The van der Waals surface area contributed by atoms with Crippen molar-refractivity contribution in [2.24, 2.45) is 5.73 Å². The van der Waals surface area contributed by atoms with Crippen LogP contribution in [0.25, 0.3) is 11.1 Å². The number of nitrogens with zero attached hydrogens (tertiary/aromatic N) is 2. The fourth-order valence-corrected chi connectivity index (χ4v) is 4.01. The molecule has 0 saturated carbocycles. The number of pyridine rings is 1. The Hall–Kier alpha value is -2.82. The fraction of sp³-hybridized carbons (Fsp3) is 0.350. The van der Waals surface area contributed by atoms with E-state index in [0.29, 0.717) is 17.8 Å². The second-order valence-corrected chi connectivity index (χ2v) is 8.78. The third-order valence-electron chi connectivity index (χ3n) is 4.89. The Morgan fingerprint density at radius 3 is 2.40 bits per heavy atom. The number of amides is 1. The van der Waals surface area contributed by atoms with Crippen molar-refractivity contribution in [3.63, 3.8) is 0 Å². The second kappa shape index (κ2) is 8.90. The Bertz CT molecular complexity index is 1020. The molecule has 1 fully saturated rings. The van der Waals surface area contributed by atoms with E-state index in [1.807, 2.05) is 0 Å². The van der Waals surface area contributed by atoms with Gasteiger partial charge >= 0.3 is 16.1 Å². The molecule has 10 heteroatoms. The lowest BCUT2D eigenvalue weighted by atomic mass is 10.1. The van der Waals surface area contributed by atoms with E-state index in [0.717, 1.165) is 18.5 Å². The molecule has 0 spiro atoms. The van der Waals surface area contributed by atoms with Crippen molar-refractivity contribution in [1.82, 2.24) is 9.88 Å². The summed E-state index contributed by atoms with van der Waals surface area (Å²) in [7, 11) is -2.43. The van der Waals surface area contributed by atoms with E-state index in [4.69, 9.17) is 9.92 Å². The molecule has 1 aromatic carbocycles. The van der Waals surface area contributed by atoms with Crippen LogP contribution in [-0.4, -0.2) is 55.9 Å². The zero-order valence-corrected chi connectivity index (χ0v) is 17.6. The third-order valence-corrected chi connectivity index (χ3v) is 6.12. The lowest BCUT2D eigenvalue weighted by molar-refractivity contribution is -0.138. The molecular weight excluding hydrogens is 408 g/mol. The maximum absolute atomic E-state index is 12.4. The SMILES string of the molecule is C[C@H](N)C(=O)Nc1ccc(-c2ccc(S(=O)(=O)OC(=O)C3CCCN3C)cc2)cn1. The van der Waals surface area contributed by atoms with Crippen molar-refractivity contribution in [3.8, 4) is 11.1 Å². The smallest absolute Gasteiger partial charge is 0.341 e. The summed E-state index contributed by atoms with van der Waals surface area (Å²) in [6.07, 6.45) is 2.96. The molecule has 1 saturated heterocycles. The first-order valence-electron chi connectivity index (χ1n) is 9.49. The van der Waals surface area contributed by atoms with Crippen LogP contribution in [0.3, 0.4) is 0 Å². The normalized spacial score (nSPS) is 18.0. The van der Waals surface area contributed by atoms with Crippen LogP contribution in [0.5, 0.6) is 0 Å². The number of hydrogen-bond donors (Lipinski definition) is 2. The number of nitrogens with one attached hydrogen (secondary N) is 1. The topological polar surface area (TPSA) is 132 Å². The van der Waals surface area contributed by atoms with Gasteiger partial charge in [-0.2, -0.15) is 8.42 Å². The van der Waals surface area contributed by atoms with E-state index in [-0.39, 0.29) is 10.8 Å². The van der Waals surface area contributed by atoms with Crippen LogP contribution in [0.2, 0.25) is 0 Å². The van der Waals surface area contributed by atoms with Gasteiger partial charge < -0.3 is 15.2 Å². The van der Waals surface area contributed by atoms with E-state index in [1.54, 1.807) is 49.3 Å². The number of carbonyl (C=O) groups is 2. The van der Waals surface area contributed by atoms with Gasteiger partial charge in [-0.15, -0.1) is 0 Å². The van der Waals surface area contributed by atoms with Crippen LogP contribution in [0.1, 0.15) is 19.8 Å². The number of anilines is 1. The van der Waals surface area contributed by atoms with Gasteiger partial charge in [-0.25, -0.2) is 9.78 Å². The van der Waals surface area contributed by atoms with E-state index >= 15 is 0 Å². The first-order valence-corrected chi connectivity index (χ1v) is 10.9. The molecule has 0 bridgehead atoms. The van der Waals surface area contributed by atoms with Gasteiger partial charge in [-0.05, 0) is 63.2 Å². The van der Waals surface area contributed by atoms with Crippen molar-refractivity contribution in [1.29, 1.82) is 0 Å². The standard InChI is InChI=1S/C20H24N4O5S/c1-13(21)19(25)23-18-10-7-15(12-22-18)14-5-8-16(9-6-14)30(27,28)29-20(26)17-4-3-11-24(17)2/h5-10,12-13,17H,3-4,11,21H2,1-2H3,(H,22,23,25)/t13-,17?/m0/s1. The quantitative estimate of drug-likeness (QED) is 0.654. The Labute approximate surface area is 175 Å². The summed E-state index contributed by atoms with van der Waals surface area (Å²) in [6, 6.07) is 8.13. The molecule has 2 atom stereocenters. The van der Waals surface area contributed by atoms with Gasteiger partial charge in [0.2, 0.25) is 5.91 Å². The van der Waals surface area contributed by atoms with Crippen molar-refractivity contribution in [3.05, 3.63) is 42.6 Å². The number of likely N-dealkylation sites (N-methyl/N-ethyl adjacent to an activating group) is 1. The number of aromatic nitrogens is 1. The van der Waals surface area contributed by atoms with Crippen LogP contribution < -0.4 is 11.1 Å². The van der Waals surface area contributed by atoms with Gasteiger partial charge in [-0.1, -0.05) is 12.1 Å². The summed E-state index contributed by atoms with van der Waals surface area (Å²) in [5.74, 6) is -0.736. The molecule has 1 aliphatic heterocycles. The highest BCUT2D eigenvalue weighted by molar-refractivity contribution is 7.87. The maximum atomic E-state index is 12.4. The molecule has 3 N–H and O–H groups in total. The van der Waals surface area contributed by atoms with Gasteiger partial charge in [-0.3, -0.25) is 9.69 Å². The Balaban J connectivity index is 1.69. The van der Waals surface area contributed by atoms with Crippen molar-refractivity contribution in [2.45, 2.75) is 36.7 Å². The summed E-state index contributed by atoms with van der Waals surface area (Å²) in [4.78, 5) is 29.6. The molecule has 1 unspecified atom stereocenters. The minimum atomic E-state index is -4.20. The van der Waals surface area contributed by atoms with Crippen LogP contribution in [0.4, 0.5) is 5.82 Å². The second-order valence-electron chi connectivity index (χ2n) is 7.23. The summed E-state index contributed by atoms with van der Waals surface area (Å²) in [5, 5.41) is 2.59. The lowest BCUT2D eigenvalue weighted by Crippen LogP contribution is -2.35. The van der Waals surface area contributed by atoms with Crippen LogP contribution in [0.15, 0.2) is 47.5 Å². The molecule has 1 aromatic heterocycles. The maximum Gasteiger partial charge on any atom is 0.341 e. The summed E-state index contributed by atoms with van der Waals surface area (Å²) in [6.45, 7) is 2.30. The number of likely N-dealkylation sites (tertiary alicyclic amines) is 1. The largest absolute Gasteiger partial charge is 0.341 e. The van der Waals surface area contributed by atoms with Gasteiger partial charge in [0.25, 0.3) is 0 Å². The van der Waals surface area contributed by atoms with Crippen LogP contribution in [-0.2, 0) is 23.9 Å². The molecule has 2 aromatic rings. The molecule has 160 valence electrons. The lowest BCUT2D eigenvalue weighted by Gasteiger charge is -2.17. The molecule has 3 rings (SSSR count). The predicted molar refractivity (Wildman–Crippen MR) is 111 cm³/mol. The van der Waals surface area contributed by atoms with E-state index in [9.17, 15) is 18.0 Å². The predicted octanol–water partition coefficient (Wildman–Crippen LogP) is 1.36. The fourth-order valence-electron chi connectivity index (χ4n) is 3.11. The van der Waals surface area contributed by atoms with E-state index in [1.165, 1.54) is 12.1 Å². The Kier molecular flexibility index (Phi) is 6.49. The van der Waals surface area contributed by atoms with Crippen molar-refractivity contribution < 1.29 is 22.2 Å². The zero-order chi connectivity index (χ0) is 21.9. The minimum Gasteiger partial charge on any atom is -0.341 e. The average Bonchev–Trinajstić information content (AvgIpc) is 3.14. The van der Waals surface area contributed by atoms with Crippen molar-refractivity contribution in [2.75, 3.05) is 18.9 Å². The molecule has 30 heavy (non-hydrogen) atoms. The summed E-state index contributed by atoms with van der Waals surface area (Å²) in [5.41, 5.74) is 6.94. The molecule has 1 amide bonds. The highest BCUT2D eigenvalue weighted by atomic mass is 32.2. The first-order chi connectivity index (χ1) is 14.2. The molecule has 0 aliphatic carbocycles. The monoisotopic (exact) mass is 432 g/mol. The van der Waals surface area contributed by atoms with Crippen molar-refractivity contribution >= 4 is 27.8 Å². The number of hydrogen-bond acceptors (Lipinski definition) is 8. The Morgan fingerprint density at radius 1 is 1.20 bits per heavy atom. The van der Waals surface area contributed by atoms with Gasteiger partial charge in [0, 0.05) is 11.8 Å². The molecular formula is C20H24N4O5S. The summed E-state index contributed by atoms with van der Waals surface area (Å²) >= 11 is 0.